The molecule has 184 valence electrons. The zero-order valence-corrected chi connectivity index (χ0v) is 19.3. The molecule has 2 aromatic rings. The summed E-state index contributed by atoms with van der Waals surface area (Å²) in [5.41, 5.74) is 0.171. The molecule has 2 aliphatic rings. The molecular formula is C23H35F2N5O3. The summed E-state index contributed by atoms with van der Waals surface area (Å²) in [6.07, 6.45) is 0.449. The van der Waals surface area contributed by atoms with Crippen LogP contribution in [0.1, 0.15) is 67.2 Å². The lowest BCUT2D eigenvalue weighted by atomic mass is 9.72. The highest BCUT2D eigenvalue weighted by Crippen LogP contribution is 2.41. The molecule has 2 aliphatic heterocycles. The summed E-state index contributed by atoms with van der Waals surface area (Å²) in [6.45, 7) is 12.7. The van der Waals surface area contributed by atoms with Gasteiger partial charge in [0.25, 0.3) is 5.89 Å². The van der Waals surface area contributed by atoms with Crippen molar-refractivity contribution in [1.29, 1.82) is 0 Å². The standard InChI is InChI=1S/C20H25F2N5O3.C2H6.CH4/c1-19(2,3)30-18(28)27-11-20(12-27)6-8-26(9-7-20)14-5-4-13(10-23-14)16-24-25-17(29-16)15(21)22;1-2;/h4-5,10,15H,6-9,11-12H2,1-3H3;1-2H3;1H4. The Morgan fingerprint density at radius 2 is 1.79 bits per heavy atom. The Morgan fingerprint density at radius 1 is 1.15 bits per heavy atom. The van der Waals surface area contributed by atoms with Crippen molar-refractivity contribution in [2.75, 3.05) is 31.1 Å². The number of hydrogen-bond acceptors (Lipinski definition) is 7. The van der Waals surface area contributed by atoms with Gasteiger partial charge in [-0.3, -0.25) is 0 Å². The summed E-state index contributed by atoms with van der Waals surface area (Å²) in [7, 11) is 0. The molecule has 0 radical (unpaired) electrons. The maximum Gasteiger partial charge on any atom is 0.410 e. The second-order valence-corrected chi connectivity index (χ2v) is 8.97. The summed E-state index contributed by atoms with van der Waals surface area (Å²) >= 11 is 0. The van der Waals surface area contributed by atoms with Crippen LogP contribution >= 0.6 is 0 Å². The number of pyridine rings is 1. The molecule has 0 aromatic carbocycles. The lowest BCUT2D eigenvalue weighted by molar-refractivity contribution is -0.0434. The fourth-order valence-corrected chi connectivity index (χ4v) is 3.88. The van der Waals surface area contributed by atoms with Crippen molar-refractivity contribution in [2.45, 2.75) is 66.9 Å². The third-order valence-corrected chi connectivity index (χ3v) is 5.47. The SMILES string of the molecule is C.CC.CC(C)(C)OC(=O)N1CC2(CCN(c3ccc(-c4nnc(C(F)F)o4)cn3)CC2)C1. The van der Waals surface area contributed by atoms with E-state index in [0.717, 1.165) is 44.8 Å². The fourth-order valence-electron chi connectivity index (χ4n) is 3.88. The number of halogens is 2. The highest BCUT2D eigenvalue weighted by Gasteiger charge is 2.47. The number of carbonyl (C=O) groups excluding carboxylic acids is 1. The third-order valence-electron chi connectivity index (χ3n) is 5.47. The number of aromatic nitrogens is 3. The summed E-state index contributed by atoms with van der Waals surface area (Å²) in [5, 5.41) is 6.97. The zero-order valence-electron chi connectivity index (χ0n) is 19.3. The topological polar surface area (TPSA) is 84.6 Å². The molecular weight excluding hydrogens is 432 g/mol. The minimum atomic E-state index is -2.79. The Labute approximate surface area is 194 Å². The van der Waals surface area contributed by atoms with Crippen LogP contribution in [0.25, 0.3) is 11.5 Å². The van der Waals surface area contributed by atoms with Crippen LogP contribution in [0.3, 0.4) is 0 Å². The Morgan fingerprint density at radius 3 is 2.27 bits per heavy atom. The smallest absolute Gasteiger partial charge is 0.410 e. The average molecular weight is 468 g/mol. The van der Waals surface area contributed by atoms with Crippen molar-refractivity contribution in [2.24, 2.45) is 5.41 Å². The number of anilines is 1. The predicted molar refractivity (Wildman–Crippen MR) is 122 cm³/mol. The maximum absolute atomic E-state index is 12.6. The van der Waals surface area contributed by atoms with Crippen molar-refractivity contribution in [1.82, 2.24) is 20.1 Å². The molecule has 4 heterocycles. The van der Waals surface area contributed by atoms with E-state index in [-0.39, 0.29) is 24.8 Å². The first-order valence-electron chi connectivity index (χ1n) is 11.0. The Hall–Kier alpha value is -2.78. The monoisotopic (exact) mass is 467 g/mol. The third kappa shape index (κ3) is 6.17. The molecule has 1 amide bonds. The molecule has 0 aliphatic carbocycles. The number of likely N-dealkylation sites (tertiary alicyclic amines) is 1. The molecule has 33 heavy (non-hydrogen) atoms. The van der Waals surface area contributed by atoms with Gasteiger partial charge < -0.3 is 19.0 Å². The van der Waals surface area contributed by atoms with Gasteiger partial charge in [0, 0.05) is 37.8 Å². The average Bonchev–Trinajstić information content (AvgIpc) is 3.23. The summed E-state index contributed by atoms with van der Waals surface area (Å²) in [5.74, 6) is 0.139. The van der Waals surface area contributed by atoms with E-state index in [4.69, 9.17) is 9.15 Å². The number of rotatable bonds is 3. The number of carbonyl (C=O) groups is 1. The largest absolute Gasteiger partial charge is 0.444 e. The van der Waals surface area contributed by atoms with Crippen LogP contribution in [0, 0.1) is 5.41 Å². The van der Waals surface area contributed by atoms with Crippen molar-refractivity contribution in [3.8, 4) is 11.5 Å². The second kappa shape index (κ2) is 10.4. The van der Waals surface area contributed by atoms with Gasteiger partial charge in [0.05, 0.1) is 5.56 Å². The molecule has 8 nitrogen and oxygen atoms in total. The van der Waals surface area contributed by atoms with Crippen molar-refractivity contribution in [3.05, 3.63) is 24.2 Å². The maximum atomic E-state index is 12.6. The zero-order chi connectivity index (χ0) is 23.5. The minimum absolute atomic E-state index is 0. The van der Waals surface area contributed by atoms with E-state index >= 15 is 0 Å². The van der Waals surface area contributed by atoms with Gasteiger partial charge in [-0.15, -0.1) is 10.2 Å². The van der Waals surface area contributed by atoms with Crippen molar-refractivity contribution in [3.63, 3.8) is 0 Å². The van der Waals surface area contributed by atoms with Gasteiger partial charge in [-0.05, 0) is 45.7 Å². The van der Waals surface area contributed by atoms with Crippen LogP contribution in [0.15, 0.2) is 22.7 Å². The molecule has 1 spiro atoms. The normalized spacial score (nSPS) is 17.1. The van der Waals surface area contributed by atoms with E-state index in [1.807, 2.05) is 40.7 Å². The number of nitrogens with zero attached hydrogens (tertiary/aromatic N) is 5. The Kier molecular flexibility index (Phi) is 8.37. The van der Waals surface area contributed by atoms with Gasteiger partial charge >= 0.3 is 12.5 Å². The van der Waals surface area contributed by atoms with Gasteiger partial charge in [-0.2, -0.15) is 8.78 Å². The van der Waals surface area contributed by atoms with Crippen LogP contribution in [0.2, 0.25) is 0 Å². The van der Waals surface area contributed by atoms with E-state index in [1.54, 1.807) is 17.2 Å². The minimum Gasteiger partial charge on any atom is -0.444 e. The van der Waals surface area contributed by atoms with E-state index in [9.17, 15) is 13.6 Å². The molecule has 0 N–H and O–H groups in total. The van der Waals surface area contributed by atoms with E-state index in [1.165, 1.54) is 0 Å². The quantitative estimate of drug-likeness (QED) is 0.583. The lowest BCUT2D eigenvalue weighted by Crippen LogP contribution is -2.62. The molecule has 4 rings (SSSR count). The predicted octanol–water partition coefficient (Wildman–Crippen LogP) is 5.57. The van der Waals surface area contributed by atoms with Crippen LogP contribution in [0.5, 0.6) is 0 Å². The van der Waals surface area contributed by atoms with E-state index < -0.39 is 17.9 Å². The molecule has 0 saturated carbocycles. The van der Waals surface area contributed by atoms with Gasteiger partial charge in [0.1, 0.15) is 11.4 Å². The van der Waals surface area contributed by atoms with Crippen LogP contribution in [-0.4, -0.2) is 58.0 Å². The number of hydrogen-bond donors (Lipinski definition) is 0. The van der Waals surface area contributed by atoms with E-state index in [0.29, 0.717) is 5.56 Å². The molecule has 0 atom stereocenters. The molecule has 0 unspecified atom stereocenters. The summed E-state index contributed by atoms with van der Waals surface area (Å²) in [6, 6.07) is 3.57. The number of amides is 1. The number of alkyl halides is 2. The first kappa shape index (κ1) is 26.5. The molecule has 2 saturated heterocycles. The Balaban J connectivity index is 0.00000125. The number of ether oxygens (including phenoxy) is 1. The summed E-state index contributed by atoms with van der Waals surface area (Å²) in [4.78, 5) is 20.6. The van der Waals surface area contributed by atoms with Crippen LogP contribution in [-0.2, 0) is 4.74 Å². The highest BCUT2D eigenvalue weighted by atomic mass is 19.3. The van der Waals surface area contributed by atoms with Gasteiger partial charge in [-0.25, -0.2) is 9.78 Å². The van der Waals surface area contributed by atoms with Crippen LogP contribution in [0.4, 0.5) is 19.4 Å². The molecule has 0 bridgehead atoms. The first-order valence-corrected chi connectivity index (χ1v) is 11.0. The van der Waals surface area contributed by atoms with E-state index in [2.05, 4.69) is 20.1 Å². The van der Waals surface area contributed by atoms with Gasteiger partial charge in [0.2, 0.25) is 5.89 Å². The van der Waals surface area contributed by atoms with Crippen LogP contribution < -0.4 is 4.90 Å². The lowest BCUT2D eigenvalue weighted by Gasteiger charge is -2.53. The van der Waals surface area contributed by atoms with Gasteiger partial charge in [0.15, 0.2) is 0 Å². The first-order chi connectivity index (χ1) is 15.1. The fraction of sp³-hybridized carbons (Fsp3) is 0.652. The Bertz CT molecular complexity index is 896. The second-order valence-electron chi connectivity index (χ2n) is 8.97. The molecule has 2 fully saturated rings. The number of piperidine rings is 1. The highest BCUT2D eigenvalue weighted by molar-refractivity contribution is 5.69. The summed E-state index contributed by atoms with van der Waals surface area (Å²) < 4.78 is 35.6. The van der Waals surface area contributed by atoms with Gasteiger partial charge in [-0.1, -0.05) is 21.3 Å². The molecule has 10 heteroatoms. The van der Waals surface area contributed by atoms with Crippen molar-refractivity contribution < 1.29 is 22.7 Å². The molecule has 2 aromatic heterocycles. The van der Waals surface area contributed by atoms with Crippen molar-refractivity contribution >= 4 is 11.9 Å².